The van der Waals surface area contributed by atoms with Crippen LogP contribution in [-0.2, 0) is 17.9 Å². The van der Waals surface area contributed by atoms with Crippen LogP contribution in [0.3, 0.4) is 0 Å². The molecule has 0 unspecified atom stereocenters. The number of ether oxygens (including phenoxy) is 1. The fourth-order valence-electron chi connectivity index (χ4n) is 2.92. The number of aromatic nitrogens is 2. The van der Waals surface area contributed by atoms with Crippen molar-refractivity contribution in [2.24, 2.45) is 0 Å². The molecule has 1 N–H and O–H groups in total. The molecule has 0 radical (unpaired) electrons. The van der Waals surface area contributed by atoms with Gasteiger partial charge in [0, 0.05) is 18.3 Å². The highest BCUT2D eigenvalue weighted by molar-refractivity contribution is 5.76. The van der Waals surface area contributed by atoms with Gasteiger partial charge in [-0.15, -0.1) is 0 Å². The van der Waals surface area contributed by atoms with Crippen molar-refractivity contribution in [3.05, 3.63) is 83.2 Å². The third kappa shape index (κ3) is 5.45. The molecule has 0 atom stereocenters. The fourth-order valence-corrected chi connectivity index (χ4v) is 2.92. The number of amides is 1. The molecule has 3 rings (SSSR count). The highest BCUT2D eigenvalue weighted by Crippen LogP contribution is 2.22. The smallest absolute Gasteiger partial charge is 0.223 e. The second-order valence-corrected chi connectivity index (χ2v) is 6.63. The van der Waals surface area contributed by atoms with E-state index in [0.29, 0.717) is 19.6 Å². The first kappa shape index (κ1) is 18.7. The van der Waals surface area contributed by atoms with Crippen LogP contribution in [0.5, 0.6) is 5.75 Å². The van der Waals surface area contributed by atoms with Crippen molar-refractivity contribution in [2.75, 3.05) is 6.61 Å². The maximum atomic E-state index is 12.1. The monoisotopic (exact) mass is 363 g/mol. The molecule has 0 aliphatic heterocycles. The first-order valence-corrected chi connectivity index (χ1v) is 9.13. The molecule has 0 aliphatic carbocycles. The largest absolute Gasteiger partial charge is 0.493 e. The van der Waals surface area contributed by atoms with Gasteiger partial charge in [-0.3, -0.25) is 9.48 Å². The van der Waals surface area contributed by atoms with Gasteiger partial charge in [0.05, 0.1) is 25.8 Å². The molecule has 0 saturated heterocycles. The summed E-state index contributed by atoms with van der Waals surface area (Å²) in [6, 6.07) is 16.2. The lowest BCUT2D eigenvalue weighted by atomic mass is 10.1. The van der Waals surface area contributed by atoms with Crippen LogP contribution in [0.25, 0.3) is 0 Å². The predicted octanol–water partition coefficient (Wildman–Crippen LogP) is 3.63. The lowest BCUT2D eigenvalue weighted by Crippen LogP contribution is -2.24. The molecule has 0 spiro atoms. The van der Waals surface area contributed by atoms with Crippen LogP contribution in [0.4, 0.5) is 0 Å². The summed E-state index contributed by atoms with van der Waals surface area (Å²) in [7, 11) is 0. The van der Waals surface area contributed by atoms with Crippen LogP contribution in [0.1, 0.15) is 28.7 Å². The molecule has 3 aromatic rings. The number of benzene rings is 2. The number of nitrogens with zero attached hydrogens (tertiary/aromatic N) is 2. The first-order valence-electron chi connectivity index (χ1n) is 9.13. The summed E-state index contributed by atoms with van der Waals surface area (Å²) in [6.45, 7) is 5.57. The number of para-hydroxylation sites is 1. The van der Waals surface area contributed by atoms with Crippen LogP contribution >= 0.6 is 0 Å². The summed E-state index contributed by atoms with van der Waals surface area (Å²) in [5, 5.41) is 7.27. The van der Waals surface area contributed by atoms with Gasteiger partial charge in [-0.05, 0) is 30.5 Å². The molecular weight excluding hydrogens is 338 g/mol. The van der Waals surface area contributed by atoms with Crippen LogP contribution in [0.15, 0.2) is 60.9 Å². The predicted molar refractivity (Wildman–Crippen MR) is 106 cm³/mol. The van der Waals surface area contributed by atoms with Gasteiger partial charge in [0.1, 0.15) is 5.75 Å². The molecule has 5 heteroatoms. The minimum atomic E-state index is -0.0305. The van der Waals surface area contributed by atoms with E-state index in [1.165, 1.54) is 5.56 Å². The van der Waals surface area contributed by atoms with E-state index in [0.717, 1.165) is 29.0 Å². The number of carbonyl (C=O) groups is 1. The Morgan fingerprint density at radius 1 is 1.04 bits per heavy atom. The summed E-state index contributed by atoms with van der Waals surface area (Å²) < 4.78 is 7.66. The minimum absolute atomic E-state index is 0.0305. The van der Waals surface area contributed by atoms with Crippen LogP contribution in [-0.4, -0.2) is 22.3 Å². The Morgan fingerprint density at radius 3 is 2.52 bits per heavy atom. The van der Waals surface area contributed by atoms with Crippen LogP contribution in [0.2, 0.25) is 0 Å². The third-order valence-corrected chi connectivity index (χ3v) is 4.35. The number of hydrogen-bond donors (Lipinski definition) is 1. The summed E-state index contributed by atoms with van der Waals surface area (Å²) in [6.07, 6.45) is 4.07. The van der Waals surface area contributed by atoms with E-state index in [2.05, 4.69) is 22.5 Å². The van der Waals surface area contributed by atoms with Crippen LogP contribution in [0, 0.1) is 13.8 Å². The first-order chi connectivity index (χ1) is 13.1. The lowest BCUT2D eigenvalue weighted by Gasteiger charge is -2.11. The molecule has 27 heavy (non-hydrogen) atoms. The molecule has 0 saturated carbocycles. The summed E-state index contributed by atoms with van der Waals surface area (Å²) in [4.78, 5) is 12.1. The van der Waals surface area contributed by atoms with Crippen LogP contribution < -0.4 is 10.1 Å². The van der Waals surface area contributed by atoms with Gasteiger partial charge >= 0.3 is 0 Å². The Hall–Kier alpha value is -3.08. The van der Waals surface area contributed by atoms with E-state index in [1.807, 2.05) is 61.1 Å². The van der Waals surface area contributed by atoms with Crippen molar-refractivity contribution >= 4 is 5.91 Å². The van der Waals surface area contributed by atoms with Crippen molar-refractivity contribution in [2.45, 2.75) is 33.4 Å². The Kier molecular flexibility index (Phi) is 6.26. The van der Waals surface area contributed by atoms with Gasteiger partial charge < -0.3 is 10.1 Å². The van der Waals surface area contributed by atoms with Gasteiger partial charge in [-0.2, -0.15) is 5.10 Å². The molecule has 1 aromatic heterocycles. The average molecular weight is 363 g/mol. The maximum absolute atomic E-state index is 12.1. The van der Waals surface area contributed by atoms with Gasteiger partial charge in [-0.1, -0.05) is 48.5 Å². The fraction of sp³-hybridized carbons (Fsp3) is 0.273. The maximum Gasteiger partial charge on any atom is 0.223 e. The molecule has 0 aliphatic rings. The van der Waals surface area contributed by atoms with E-state index in [-0.39, 0.29) is 5.91 Å². The zero-order valence-electron chi connectivity index (χ0n) is 15.8. The summed E-state index contributed by atoms with van der Waals surface area (Å²) in [5.74, 6) is 0.838. The average Bonchev–Trinajstić information content (AvgIpc) is 3.11. The Labute approximate surface area is 160 Å². The Balaban J connectivity index is 1.42. The van der Waals surface area contributed by atoms with Crippen molar-refractivity contribution in [1.29, 1.82) is 0 Å². The van der Waals surface area contributed by atoms with E-state index in [9.17, 15) is 4.79 Å². The minimum Gasteiger partial charge on any atom is -0.493 e. The molecule has 1 heterocycles. The number of carbonyl (C=O) groups excluding carboxylic acids is 1. The van der Waals surface area contributed by atoms with Gasteiger partial charge in [0.15, 0.2) is 0 Å². The van der Waals surface area contributed by atoms with E-state index >= 15 is 0 Å². The zero-order valence-corrected chi connectivity index (χ0v) is 15.8. The molecule has 5 nitrogen and oxygen atoms in total. The summed E-state index contributed by atoms with van der Waals surface area (Å²) in [5.41, 5.74) is 4.34. The van der Waals surface area contributed by atoms with Crippen molar-refractivity contribution in [3.8, 4) is 5.75 Å². The number of hydrogen-bond acceptors (Lipinski definition) is 3. The molecule has 1 amide bonds. The lowest BCUT2D eigenvalue weighted by molar-refractivity contribution is -0.121. The Bertz CT molecular complexity index is 867. The molecule has 0 bridgehead atoms. The SMILES string of the molecule is Cc1cccc(C)c1OCCC(=O)NCc1cnn(Cc2ccccc2)c1. The highest BCUT2D eigenvalue weighted by Gasteiger charge is 2.07. The number of aryl methyl sites for hydroxylation is 2. The van der Waals surface area contributed by atoms with Gasteiger partial charge in [0.2, 0.25) is 5.91 Å². The van der Waals surface area contributed by atoms with E-state index in [1.54, 1.807) is 6.20 Å². The molecule has 140 valence electrons. The van der Waals surface area contributed by atoms with Gasteiger partial charge in [-0.25, -0.2) is 0 Å². The van der Waals surface area contributed by atoms with Crippen molar-refractivity contribution < 1.29 is 9.53 Å². The molecular formula is C22H25N3O2. The van der Waals surface area contributed by atoms with E-state index in [4.69, 9.17) is 4.74 Å². The quantitative estimate of drug-likeness (QED) is 0.665. The molecule has 2 aromatic carbocycles. The number of rotatable bonds is 8. The Morgan fingerprint density at radius 2 is 1.78 bits per heavy atom. The topological polar surface area (TPSA) is 56.1 Å². The van der Waals surface area contributed by atoms with Gasteiger partial charge in [0.25, 0.3) is 0 Å². The summed E-state index contributed by atoms with van der Waals surface area (Å²) >= 11 is 0. The van der Waals surface area contributed by atoms with E-state index < -0.39 is 0 Å². The normalized spacial score (nSPS) is 10.6. The standard InChI is InChI=1S/C22H25N3O2/c1-17-7-6-8-18(2)22(17)27-12-11-21(26)23-13-20-14-24-25(16-20)15-19-9-4-3-5-10-19/h3-10,14,16H,11-13,15H2,1-2H3,(H,23,26). The number of nitrogens with one attached hydrogen (secondary N) is 1. The van der Waals surface area contributed by atoms with Crippen molar-refractivity contribution in [1.82, 2.24) is 15.1 Å². The second-order valence-electron chi connectivity index (χ2n) is 6.63. The second kappa shape index (κ2) is 9.03. The zero-order chi connectivity index (χ0) is 19.1. The molecule has 0 fully saturated rings. The van der Waals surface area contributed by atoms with Crippen molar-refractivity contribution in [3.63, 3.8) is 0 Å². The third-order valence-electron chi connectivity index (χ3n) is 4.35. The highest BCUT2D eigenvalue weighted by atomic mass is 16.5.